The minimum Gasteiger partial charge on any atom is -0.308 e. The van der Waals surface area contributed by atoms with Crippen LogP contribution < -0.4 is 9.62 Å². The van der Waals surface area contributed by atoms with Gasteiger partial charge in [0.25, 0.3) is 5.91 Å². The summed E-state index contributed by atoms with van der Waals surface area (Å²) in [6, 6.07) is 19.6. The molecule has 1 heterocycles. The first-order chi connectivity index (χ1) is 15.4. The Balaban J connectivity index is 1.48. The summed E-state index contributed by atoms with van der Waals surface area (Å²) >= 11 is 5.93. The molecule has 3 aromatic carbocycles. The van der Waals surface area contributed by atoms with Gasteiger partial charge in [0.1, 0.15) is 0 Å². The Morgan fingerprint density at radius 1 is 1.00 bits per heavy atom. The topological polar surface area (TPSA) is 66.5 Å². The van der Waals surface area contributed by atoms with E-state index in [1.807, 2.05) is 30.3 Å². The van der Waals surface area contributed by atoms with Crippen LogP contribution >= 0.6 is 11.6 Å². The van der Waals surface area contributed by atoms with Crippen LogP contribution in [0.5, 0.6) is 0 Å². The van der Waals surface area contributed by atoms with E-state index in [0.717, 1.165) is 41.6 Å². The first-order valence-electron chi connectivity index (χ1n) is 10.7. The maximum absolute atomic E-state index is 13.0. The molecule has 0 aromatic heterocycles. The quantitative estimate of drug-likeness (QED) is 0.532. The zero-order chi connectivity index (χ0) is 22.7. The van der Waals surface area contributed by atoms with Crippen molar-refractivity contribution in [3.63, 3.8) is 0 Å². The van der Waals surface area contributed by atoms with E-state index < -0.39 is 10.0 Å². The van der Waals surface area contributed by atoms with Gasteiger partial charge in [-0.2, -0.15) is 0 Å². The second-order valence-corrected chi connectivity index (χ2v) is 10.1. The number of benzene rings is 3. The molecule has 0 saturated heterocycles. The number of aryl methyl sites for hydroxylation is 1. The number of hydrogen-bond acceptors (Lipinski definition) is 3. The number of hydrogen-bond donors (Lipinski definition) is 1. The Bertz CT molecular complexity index is 1220. The first kappa shape index (κ1) is 22.5. The number of fused-ring (bicyclic) bond motifs is 1. The van der Waals surface area contributed by atoms with Crippen LogP contribution in [-0.2, 0) is 29.4 Å². The zero-order valence-corrected chi connectivity index (χ0v) is 19.4. The smallest absolute Gasteiger partial charge is 0.258 e. The van der Waals surface area contributed by atoms with Gasteiger partial charge in [-0.3, -0.25) is 4.79 Å². The summed E-state index contributed by atoms with van der Waals surface area (Å²) in [7, 11) is -3.62. The fourth-order valence-electron chi connectivity index (χ4n) is 3.88. The van der Waals surface area contributed by atoms with Crippen LogP contribution in [0.15, 0.2) is 71.6 Å². The van der Waals surface area contributed by atoms with Crippen LogP contribution in [-0.4, -0.2) is 20.9 Å². The maximum Gasteiger partial charge on any atom is 0.258 e. The molecule has 1 aliphatic rings. The number of halogens is 1. The standard InChI is InChI=1S/C25H25ClN2O3S/c1-2-3-18-5-12-23(13-6-18)32(30,31)27-17-19-4-7-20-14-15-28(24(20)16-19)25(29)21-8-10-22(26)11-9-21/h4-13,16,27H,2-3,14-15,17H2,1H3. The van der Waals surface area contributed by atoms with Crippen molar-refractivity contribution in [1.29, 1.82) is 0 Å². The lowest BCUT2D eigenvalue weighted by Gasteiger charge is -2.18. The van der Waals surface area contributed by atoms with Gasteiger partial charge >= 0.3 is 0 Å². The predicted octanol–water partition coefficient (Wildman–Crippen LogP) is 4.97. The van der Waals surface area contributed by atoms with Gasteiger partial charge in [0.2, 0.25) is 10.0 Å². The number of carbonyl (C=O) groups is 1. The van der Waals surface area contributed by atoms with Crippen molar-refractivity contribution in [2.24, 2.45) is 0 Å². The third kappa shape index (κ3) is 4.88. The van der Waals surface area contributed by atoms with Crippen LogP contribution in [0, 0.1) is 0 Å². The van der Waals surface area contributed by atoms with Crippen molar-refractivity contribution < 1.29 is 13.2 Å². The Morgan fingerprint density at radius 2 is 1.69 bits per heavy atom. The van der Waals surface area contributed by atoms with E-state index in [1.165, 1.54) is 0 Å². The zero-order valence-electron chi connectivity index (χ0n) is 17.8. The highest BCUT2D eigenvalue weighted by atomic mass is 35.5. The van der Waals surface area contributed by atoms with Gasteiger partial charge < -0.3 is 4.90 Å². The normalized spacial score (nSPS) is 13.2. The van der Waals surface area contributed by atoms with Crippen molar-refractivity contribution in [2.75, 3.05) is 11.4 Å². The van der Waals surface area contributed by atoms with E-state index in [4.69, 9.17) is 11.6 Å². The van der Waals surface area contributed by atoms with Crippen LogP contribution in [0.25, 0.3) is 0 Å². The monoisotopic (exact) mass is 468 g/mol. The summed E-state index contributed by atoms with van der Waals surface area (Å²) < 4.78 is 28.1. The van der Waals surface area contributed by atoms with Crippen molar-refractivity contribution in [3.8, 4) is 0 Å². The highest BCUT2D eigenvalue weighted by Gasteiger charge is 2.26. The molecule has 0 saturated carbocycles. The van der Waals surface area contributed by atoms with Crippen molar-refractivity contribution in [1.82, 2.24) is 4.72 Å². The molecule has 0 unspecified atom stereocenters. The van der Waals surface area contributed by atoms with Crippen molar-refractivity contribution in [2.45, 2.75) is 37.6 Å². The van der Waals surface area contributed by atoms with E-state index >= 15 is 0 Å². The molecule has 5 nitrogen and oxygen atoms in total. The molecule has 1 N–H and O–H groups in total. The average molecular weight is 469 g/mol. The molecule has 0 spiro atoms. The minimum atomic E-state index is -3.62. The number of sulfonamides is 1. The summed E-state index contributed by atoms with van der Waals surface area (Å²) in [6.07, 6.45) is 2.71. The molecule has 4 rings (SSSR count). The fourth-order valence-corrected chi connectivity index (χ4v) is 5.02. The summed E-state index contributed by atoms with van der Waals surface area (Å²) in [5, 5.41) is 0.581. The molecular formula is C25H25ClN2O3S. The molecular weight excluding hydrogens is 444 g/mol. The largest absolute Gasteiger partial charge is 0.308 e. The molecule has 32 heavy (non-hydrogen) atoms. The van der Waals surface area contributed by atoms with Crippen molar-refractivity contribution >= 4 is 33.2 Å². The SMILES string of the molecule is CCCc1ccc(S(=O)(=O)NCc2ccc3c(c2)N(C(=O)c2ccc(Cl)cc2)CC3)cc1. The van der Waals surface area contributed by atoms with Crippen LogP contribution in [0.2, 0.25) is 5.02 Å². The van der Waals surface area contributed by atoms with Gasteiger partial charge in [0, 0.05) is 29.4 Å². The Hall–Kier alpha value is -2.67. The molecule has 0 fully saturated rings. The van der Waals surface area contributed by atoms with Gasteiger partial charge in [-0.05, 0) is 72.0 Å². The third-order valence-electron chi connectivity index (χ3n) is 5.62. The van der Waals surface area contributed by atoms with E-state index in [0.29, 0.717) is 17.1 Å². The van der Waals surface area contributed by atoms with E-state index in [9.17, 15) is 13.2 Å². The lowest BCUT2D eigenvalue weighted by atomic mass is 10.1. The predicted molar refractivity (Wildman–Crippen MR) is 128 cm³/mol. The summed E-state index contributed by atoms with van der Waals surface area (Å²) in [4.78, 5) is 15.0. The Labute approximate surface area is 194 Å². The molecule has 0 bridgehead atoms. The number of amides is 1. The number of rotatable bonds is 7. The minimum absolute atomic E-state index is 0.0923. The number of anilines is 1. The van der Waals surface area contributed by atoms with Gasteiger partial charge in [-0.15, -0.1) is 0 Å². The first-order valence-corrected chi connectivity index (χ1v) is 12.5. The maximum atomic E-state index is 13.0. The average Bonchev–Trinajstić information content (AvgIpc) is 3.22. The number of carbonyl (C=O) groups excluding carboxylic acids is 1. The van der Waals surface area contributed by atoms with Crippen LogP contribution in [0.1, 0.15) is 40.4 Å². The molecule has 166 valence electrons. The third-order valence-corrected chi connectivity index (χ3v) is 7.29. The second-order valence-electron chi connectivity index (χ2n) is 7.90. The molecule has 0 radical (unpaired) electrons. The molecule has 0 atom stereocenters. The van der Waals surface area contributed by atoms with Crippen molar-refractivity contribution in [3.05, 3.63) is 94.0 Å². The van der Waals surface area contributed by atoms with Gasteiger partial charge in [-0.25, -0.2) is 13.1 Å². The van der Waals surface area contributed by atoms with E-state index in [-0.39, 0.29) is 17.3 Å². The molecule has 0 aliphatic carbocycles. The molecule has 7 heteroatoms. The highest BCUT2D eigenvalue weighted by molar-refractivity contribution is 7.89. The van der Waals surface area contributed by atoms with Crippen LogP contribution in [0.4, 0.5) is 5.69 Å². The van der Waals surface area contributed by atoms with E-state index in [1.54, 1.807) is 41.3 Å². The second kappa shape index (κ2) is 9.45. The Morgan fingerprint density at radius 3 is 2.38 bits per heavy atom. The fraction of sp³-hybridized carbons (Fsp3) is 0.240. The highest BCUT2D eigenvalue weighted by Crippen LogP contribution is 2.31. The van der Waals surface area contributed by atoms with E-state index in [2.05, 4.69) is 11.6 Å². The number of nitrogens with one attached hydrogen (secondary N) is 1. The summed E-state index contributed by atoms with van der Waals surface area (Å²) in [5.74, 6) is -0.0923. The van der Waals surface area contributed by atoms with Gasteiger partial charge in [-0.1, -0.05) is 49.2 Å². The van der Waals surface area contributed by atoms with Gasteiger partial charge in [0.05, 0.1) is 4.90 Å². The molecule has 1 aliphatic heterocycles. The van der Waals surface area contributed by atoms with Crippen LogP contribution in [0.3, 0.4) is 0 Å². The lowest BCUT2D eigenvalue weighted by Crippen LogP contribution is -2.29. The molecule has 1 amide bonds. The summed E-state index contributed by atoms with van der Waals surface area (Å²) in [5.41, 5.74) is 4.39. The lowest BCUT2D eigenvalue weighted by molar-refractivity contribution is 0.0989. The summed E-state index contributed by atoms with van der Waals surface area (Å²) in [6.45, 7) is 2.83. The van der Waals surface area contributed by atoms with Gasteiger partial charge in [0.15, 0.2) is 0 Å². The number of nitrogens with zero attached hydrogens (tertiary/aromatic N) is 1. The molecule has 3 aromatic rings. The Kier molecular flexibility index (Phi) is 6.65.